The van der Waals surface area contributed by atoms with Crippen LogP contribution in [0.3, 0.4) is 0 Å². The lowest BCUT2D eigenvalue weighted by Gasteiger charge is -2.16. The number of nitrogens with zero attached hydrogens (tertiary/aromatic N) is 2. The number of benzene rings is 1. The molecule has 2 heterocycles. The molecule has 1 aromatic carbocycles. The van der Waals surface area contributed by atoms with Crippen LogP contribution in [0.1, 0.15) is 11.3 Å². The quantitative estimate of drug-likeness (QED) is 0.855. The van der Waals surface area contributed by atoms with Crippen LogP contribution in [0.5, 0.6) is 11.5 Å². The Balaban J connectivity index is 1.71. The largest absolute Gasteiger partial charge is 0.454 e. The van der Waals surface area contributed by atoms with Crippen molar-refractivity contribution >= 4 is 27.3 Å². The van der Waals surface area contributed by atoms with Gasteiger partial charge in [-0.1, -0.05) is 0 Å². The van der Waals surface area contributed by atoms with Crippen molar-refractivity contribution in [2.45, 2.75) is 13.1 Å². The molecule has 0 saturated heterocycles. The van der Waals surface area contributed by atoms with Crippen molar-refractivity contribution in [3.05, 3.63) is 38.8 Å². The minimum absolute atomic E-state index is 0.298. The highest BCUT2D eigenvalue weighted by Crippen LogP contribution is 2.40. The van der Waals surface area contributed by atoms with Crippen molar-refractivity contribution in [1.82, 2.24) is 9.88 Å². The van der Waals surface area contributed by atoms with Gasteiger partial charge >= 0.3 is 0 Å². The maximum atomic E-state index is 5.43. The third-order valence-corrected chi connectivity index (χ3v) is 4.08. The van der Waals surface area contributed by atoms with Crippen molar-refractivity contribution in [1.29, 1.82) is 0 Å². The van der Waals surface area contributed by atoms with Crippen LogP contribution in [0.2, 0.25) is 0 Å². The van der Waals surface area contributed by atoms with E-state index in [1.807, 2.05) is 11.6 Å². The van der Waals surface area contributed by atoms with Gasteiger partial charge in [-0.25, -0.2) is 4.98 Å². The third kappa shape index (κ3) is 2.91. The Morgan fingerprint density at radius 1 is 1.37 bits per heavy atom. The number of hydrogen-bond donors (Lipinski definition) is 0. The Hall–Kier alpha value is -1.11. The molecule has 3 rings (SSSR count). The van der Waals surface area contributed by atoms with Crippen LogP contribution >= 0.6 is 27.3 Å². The molecule has 0 fully saturated rings. The molecule has 0 N–H and O–H groups in total. The van der Waals surface area contributed by atoms with Crippen molar-refractivity contribution in [2.24, 2.45) is 0 Å². The third-order valence-electron chi connectivity index (χ3n) is 2.85. The summed E-state index contributed by atoms with van der Waals surface area (Å²) >= 11 is 5.14. The van der Waals surface area contributed by atoms with Gasteiger partial charge in [0.25, 0.3) is 0 Å². The number of fused-ring (bicyclic) bond motifs is 1. The maximum absolute atomic E-state index is 5.43. The molecule has 100 valence electrons. The van der Waals surface area contributed by atoms with Gasteiger partial charge in [-0.3, -0.25) is 4.90 Å². The fraction of sp³-hybridized carbons (Fsp3) is 0.308. The minimum Gasteiger partial charge on any atom is -0.454 e. The second-order valence-corrected chi connectivity index (χ2v) is 6.04. The van der Waals surface area contributed by atoms with Gasteiger partial charge in [0.15, 0.2) is 11.5 Å². The van der Waals surface area contributed by atoms with Gasteiger partial charge in [0.2, 0.25) is 6.79 Å². The molecule has 4 nitrogen and oxygen atoms in total. The zero-order valence-corrected chi connectivity index (χ0v) is 12.8. The Morgan fingerprint density at radius 3 is 3.05 bits per heavy atom. The van der Waals surface area contributed by atoms with Crippen molar-refractivity contribution in [3.8, 4) is 11.5 Å². The highest BCUT2D eigenvalue weighted by molar-refractivity contribution is 9.10. The Bertz CT molecular complexity index is 574. The Kier molecular flexibility index (Phi) is 3.72. The molecule has 0 atom stereocenters. The van der Waals surface area contributed by atoms with Crippen LogP contribution in [-0.2, 0) is 13.1 Å². The van der Waals surface area contributed by atoms with Gasteiger partial charge in [0, 0.05) is 18.5 Å². The summed E-state index contributed by atoms with van der Waals surface area (Å²) in [4.78, 5) is 6.52. The standard InChI is InChI=1S/C13H13BrN2O2S/c1-16(5-10-6-19-7-15-10)4-9-2-11(14)13-12(3-9)17-8-18-13/h2-3,6-7H,4-5,8H2,1H3. The summed E-state index contributed by atoms with van der Waals surface area (Å²) in [6, 6.07) is 4.11. The first-order valence-electron chi connectivity index (χ1n) is 5.86. The van der Waals surface area contributed by atoms with E-state index in [-0.39, 0.29) is 0 Å². The second-order valence-electron chi connectivity index (χ2n) is 4.46. The summed E-state index contributed by atoms with van der Waals surface area (Å²) in [6.45, 7) is 1.98. The summed E-state index contributed by atoms with van der Waals surface area (Å²) < 4.78 is 11.8. The lowest BCUT2D eigenvalue weighted by molar-refractivity contribution is 0.173. The highest BCUT2D eigenvalue weighted by atomic mass is 79.9. The zero-order valence-electron chi connectivity index (χ0n) is 10.4. The highest BCUT2D eigenvalue weighted by Gasteiger charge is 2.18. The fourth-order valence-corrected chi connectivity index (χ4v) is 3.23. The summed E-state index contributed by atoms with van der Waals surface area (Å²) in [5.41, 5.74) is 4.15. The van der Waals surface area contributed by atoms with Crippen LogP contribution in [0.25, 0.3) is 0 Å². The Morgan fingerprint density at radius 2 is 2.26 bits per heavy atom. The number of rotatable bonds is 4. The molecule has 0 spiro atoms. The molecule has 0 bridgehead atoms. The van der Waals surface area contributed by atoms with E-state index in [1.165, 1.54) is 5.56 Å². The van der Waals surface area contributed by atoms with E-state index in [0.717, 1.165) is 34.8 Å². The molecule has 1 aliphatic heterocycles. The van der Waals surface area contributed by atoms with Crippen molar-refractivity contribution in [3.63, 3.8) is 0 Å². The van der Waals surface area contributed by atoms with E-state index in [2.05, 4.69) is 44.3 Å². The number of ether oxygens (including phenoxy) is 2. The van der Waals surface area contributed by atoms with E-state index >= 15 is 0 Å². The molecule has 0 amide bonds. The molecule has 1 aromatic heterocycles. The fourth-order valence-electron chi connectivity index (χ4n) is 2.07. The number of halogens is 1. The topological polar surface area (TPSA) is 34.6 Å². The van der Waals surface area contributed by atoms with Crippen LogP contribution in [0, 0.1) is 0 Å². The van der Waals surface area contributed by atoms with E-state index in [4.69, 9.17) is 9.47 Å². The molecule has 0 radical (unpaired) electrons. The lowest BCUT2D eigenvalue weighted by Crippen LogP contribution is -2.17. The molecule has 2 aromatic rings. The maximum Gasteiger partial charge on any atom is 0.231 e. The predicted octanol–water partition coefficient (Wildman–Crippen LogP) is 3.27. The van der Waals surface area contributed by atoms with Gasteiger partial charge in [-0.05, 0) is 40.7 Å². The Labute approximate surface area is 124 Å². The predicted molar refractivity (Wildman–Crippen MR) is 77.6 cm³/mol. The minimum atomic E-state index is 0.298. The van der Waals surface area contributed by atoms with E-state index < -0.39 is 0 Å². The van der Waals surface area contributed by atoms with Crippen molar-refractivity contribution in [2.75, 3.05) is 13.8 Å². The molecular formula is C13H13BrN2O2S. The van der Waals surface area contributed by atoms with Crippen LogP contribution in [0.15, 0.2) is 27.5 Å². The van der Waals surface area contributed by atoms with Gasteiger partial charge in [-0.15, -0.1) is 11.3 Å². The van der Waals surface area contributed by atoms with Crippen molar-refractivity contribution < 1.29 is 9.47 Å². The van der Waals surface area contributed by atoms with Gasteiger partial charge in [0.05, 0.1) is 15.7 Å². The molecule has 1 aliphatic rings. The normalized spacial score (nSPS) is 13.2. The first kappa shape index (κ1) is 12.9. The second kappa shape index (κ2) is 5.48. The smallest absolute Gasteiger partial charge is 0.231 e. The molecule has 19 heavy (non-hydrogen) atoms. The number of aromatic nitrogens is 1. The zero-order chi connectivity index (χ0) is 13.2. The molecule has 6 heteroatoms. The summed E-state index contributed by atoms with van der Waals surface area (Å²) in [5.74, 6) is 1.61. The summed E-state index contributed by atoms with van der Waals surface area (Å²) in [5, 5.41) is 2.08. The lowest BCUT2D eigenvalue weighted by atomic mass is 10.2. The first-order valence-corrected chi connectivity index (χ1v) is 7.59. The van der Waals surface area contributed by atoms with E-state index in [1.54, 1.807) is 11.3 Å². The number of thiazole rings is 1. The average molecular weight is 341 g/mol. The first-order chi connectivity index (χ1) is 9.22. The molecular weight excluding hydrogens is 328 g/mol. The summed E-state index contributed by atoms with van der Waals surface area (Å²) in [7, 11) is 2.08. The van der Waals surface area contributed by atoms with Crippen LogP contribution in [-0.4, -0.2) is 23.7 Å². The molecule has 0 unspecified atom stereocenters. The summed E-state index contributed by atoms with van der Waals surface area (Å²) in [6.07, 6.45) is 0. The van der Waals surface area contributed by atoms with Gasteiger partial charge in [-0.2, -0.15) is 0 Å². The van der Waals surface area contributed by atoms with Crippen LogP contribution in [0.4, 0.5) is 0 Å². The van der Waals surface area contributed by atoms with E-state index in [9.17, 15) is 0 Å². The van der Waals surface area contributed by atoms with Crippen LogP contribution < -0.4 is 9.47 Å². The molecule has 0 aliphatic carbocycles. The SMILES string of the molecule is CN(Cc1cc(Br)c2c(c1)OCO2)Cc1cscn1. The number of hydrogen-bond acceptors (Lipinski definition) is 5. The van der Waals surface area contributed by atoms with Gasteiger partial charge in [0.1, 0.15) is 0 Å². The molecule has 0 saturated carbocycles. The van der Waals surface area contributed by atoms with E-state index in [0.29, 0.717) is 6.79 Å². The average Bonchev–Trinajstić information content (AvgIpc) is 2.99. The van der Waals surface area contributed by atoms with Gasteiger partial charge < -0.3 is 9.47 Å². The monoisotopic (exact) mass is 340 g/mol.